The van der Waals surface area contributed by atoms with Crippen LogP contribution in [-0.4, -0.2) is 55.0 Å². The molecule has 0 aromatic heterocycles. The summed E-state index contributed by atoms with van der Waals surface area (Å²) in [5.74, 6) is 0.459. The van der Waals surface area contributed by atoms with E-state index in [1.807, 2.05) is 6.92 Å². The first-order valence-corrected chi connectivity index (χ1v) is 8.47. The van der Waals surface area contributed by atoms with Crippen LogP contribution in [0, 0.1) is 5.92 Å². The third-order valence-electron chi connectivity index (χ3n) is 3.94. The van der Waals surface area contributed by atoms with Crippen LogP contribution in [0.5, 0.6) is 0 Å². The van der Waals surface area contributed by atoms with E-state index in [-0.39, 0.29) is 17.9 Å². The van der Waals surface area contributed by atoms with E-state index in [4.69, 9.17) is 5.73 Å². The molecular formula is C16H32N4O2. The molecule has 1 fully saturated rings. The van der Waals surface area contributed by atoms with Crippen molar-refractivity contribution in [1.29, 1.82) is 0 Å². The van der Waals surface area contributed by atoms with Gasteiger partial charge in [-0.25, -0.2) is 0 Å². The first-order valence-electron chi connectivity index (χ1n) is 8.47. The Labute approximate surface area is 134 Å². The van der Waals surface area contributed by atoms with Crippen molar-refractivity contribution in [3.63, 3.8) is 0 Å². The second-order valence-corrected chi connectivity index (χ2v) is 6.65. The number of carbonyl (C=O) groups excluding carboxylic acids is 2. The SMILES string of the molecule is CCCNC(=O)CN1CCC(NC(=O)[C@@H](N)CC(C)C)CC1. The minimum atomic E-state index is -0.419. The molecule has 0 aliphatic carbocycles. The summed E-state index contributed by atoms with van der Waals surface area (Å²) in [7, 11) is 0. The Bertz CT molecular complexity index is 352. The molecule has 6 heteroatoms. The van der Waals surface area contributed by atoms with Crippen molar-refractivity contribution in [2.75, 3.05) is 26.2 Å². The van der Waals surface area contributed by atoms with Gasteiger partial charge in [0.1, 0.15) is 0 Å². The van der Waals surface area contributed by atoms with Crippen molar-refractivity contribution >= 4 is 11.8 Å². The van der Waals surface area contributed by atoms with E-state index < -0.39 is 6.04 Å². The molecule has 6 nitrogen and oxygen atoms in total. The summed E-state index contributed by atoms with van der Waals surface area (Å²) in [4.78, 5) is 25.8. The molecule has 0 unspecified atom stereocenters. The zero-order chi connectivity index (χ0) is 16.5. The monoisotopic (exact) mass is 312 g/mol. The molecule has 1 aliphatic rings. The van der Waals surface area contributed by atoms with E-state index in [1.54, 1.807) is 0 Å². The fourth-order valence-corrected chi connectivity index (χ4v) is 2.68. The topological polar surface area (TPSA) is 87.5 Å². The quantitative estimate of drug-likeness (QED) is 0.608. The molecule has 0 bridgehead atoms. The Morgan fingerprint density at radius 1 is 1.27 bits per heavy atom. The van der Waals surface area contributed by atoms with Crippen molar-refractivity contribution in [3.8, 4) is 0 Å². The lowest BCUT2D eigenvalue weighted by Gasteiger charge is -2.32. The summed E-state index contributed by atoms with van der Waals surface area (Å²) in [5, 5.41) is 5.93. The van der Waals surface area contributed by atoms with Crippen LogP contribution in [0.4, 0.5) is 0 Å². The number of hydrogen-bond donors (Lipinski definition) is 3. The maximum Gasteiger partial charge on any atom is 0.237 e. The number of amides is 2. The van der Waals surface area contributed by atoms with Crippen molar-refractivity contribution in [1.82, 2.24) is 15.5 Å². The number of carbonyl (C=O) groups is 2. The third kappa shape index (κ3) is 7.22. The summed E-state index contributed by atoms with van der Waals surface area (Å²) in [6.45, 7) is 9.03. The number of rotatable bonds is 8. The van der Waals surface area contributed by atoms with Gasteiger partial charge < -0.3 is 16.4 Å². The van der Waals surface area contributed by atoms with E-state index in [2.05, 4.69) is 29.4 Å². The molecule has 1 rings (SSSR count). The van der Waals surface area contributed by atoms with Crippen LogP contribution in [0.25, 0.3) is 0 Å². The number of nitrogens with two attached hydrogens (primary N) is 1. The summed E-state index contributed by atoms with van der Waals surface area (Å²) in [6, 6.07) is -0.237. The highest BCUT2D eigenvalue weighted by Gasteiger charge is 2.24. The van der Waals surface area contributed by atoms with E-state index in [1.165, 1.54) is 0 Å². The van der Waals surface area contributed by atoms with Gasteiger partial charge in [-0.2, -0.15) is 0 Å². The fraction of sp³-hybridized carbons (Fsp3) is 0.875. The van der Waals surface area contributed by atoms with Gasteiger partial charge in [0.25, 0.3) is 0 Å². The van der Waals surface area contributed by atoms with Crippen molar-refractivity contribution in [3.05, 3.63) is 0 Å². The molecule has 1 aliphatic heterocycles. The standard InChI is InChI=1S/C16H32N4O2/c1-4-7-18-15(21)11-20-8-5-13(6-9-20)19-16(22)14(17)10-12(2)3/h12-14H,4-11,17H2,1-3H3,(H,18,21)(H,19,22)/t14-/m0/s1. The van der Waals surface area contributed by atoms with E-state index in [0.717, 1.165) is 38.9 Å². The smallest absolute Gasteiger partial charge is 0.237 e. The van der Waals surface area contributed by atoms with Gasteiger partial charge in [-0.1, -0.05) is 20.8 Å². The second kappa shape index (κ2) is 9.79. The maximum atomic E-state index is 12.0. The van der Waals surface area contributed by atoms with Crippen molar-refractivity contribution < 1.29 is 9.59 Å². The van der Waals surface area contributed by atoms with E-state index >= 15 is 0 Å². The molecule has 1 heterocycles. The Morgan fingerprint density at radius 3 is 2.45 bits per heavy atom. The van der Waals surface area contributed by atoms with Gasteiger partial charge in [0, 0.05) is 25.7 Å². The molecule has 128 valence electrons. The zero-order valence-corrected chi connectivity index (χ0v) is 14.2. The number of piperidine rings is 1. The summed E-state index contributed by atoms with van der Waals surface area (Å²) < 4.78 is 0. The molecule has 1 atom stereocenters. The van der Waals surface area contributed by atoms with Gasteiger partial charge in [0.05, 0.1) is 12.6 Å². The third-order valence-corrected chi connectivity index (χ3v) is 3.94. The highest BCUT2D eigenvalue weighted by atomic mass is 16.2. The lowest BCUT2D eigenvalue weighted by atomic mass is 10.0. The van der Waals surface area contributed by atoms with Crippen LogP contribution in [0.3, 0.4) is 0 Å². The first-order chi connectivity index (χ1) is 10.4. The Balaban J connectivity index is 2.24. The second-order valence-electron chi connectivity index (χ2n) is 6.65. The van der Waals surface area contributed by atoms with Crippen molar-refractivity contribution in [2.24, 2.45) is 11.7 Å². The van der Waals surface area contributed by atoms with Gasteiger partial charge >= 0.3 is 0 Å². The molecule has 4 N–H and O–H groups in total. The van der Waals surface area contributed by atoms with Crippen LogP contribution in [0.15, 0.2) is 0 Å². The molecular weight excluding hydrogens is 280 g/mol. The average molecular weight is 312 g/mol. The normalized spacial score (nSPS) is 18.2. The number of nitrogens with one attached hydrogen (secondary N) is 2. The van der Waals surface area contributed by atoms with E-state index in [0.29, 0.717) is 18.9 Å². The Kier molecular flexibility index (Phi) is 8.42. The molecule has 0 saturated carbocycles. The van der Waals surface area contributed by atoms with E-state index in [9.17, 15) is 9.59 Å². The minimum absolute atomic E-state index is 0.0483. The molecule has 22 heavy (non-hydrogen) atoms. The van der Waals surface area contributed by atoms with Gasteiger partial charge in [0.2, 0.25) is 11.8 Å². The summed E-state index contributed by atoms with van der Waals surface area (Å²) in [6.07, 6.45) is 3.42. The number of nitrogens with zero attached hydrogens (tertiary/aromatic N) is 1. The van der Waals surface area contributed by atoms with Crippen molar-refractivity contribution in [2.45, 2.75) is 58.5 Å². The number of hydrogen-bond acceptors (Lipinski definition) is 4. The molecule has 0 spiro atoms. The maximum absolute atomic E-state index is 12.0. The lowest BCUT2D eigenvalue weighted by Crippen LogP contribution is -2.51. The summed E-state index contributed by atoms with van der Waals surface area (Å²) >= 11 is 0. The Hall–Kier alpha value is -1.14. The van der Waals surface area contributed by atoms with Crippen LogP contribution < -0.4 is 16.4 Å². The Morgan fingerprint density at radius 2 is 1.91 bits per heavy atom. The van der Waals surface area contributed by atoms with Crippen LogP contribution in [0.1, 0.15) is 46.5 Å². The van der Waals surface area contributed by atoms with Gasteiger partial charge in [-0.15, -0.1) is 0 Å². The molecule has 0 aromatic rings. The van der Waals surface area contributed by atoms with Gasteiger partial charge in [-0.05, 0) is 31.6 Å². The molecule has 2 amide bonds. The fourth-order valence-electron chi connectivity index (χ4n) is 2.68. The largest absolute Gasteiger partial charge is 0.355 e. The first kappa shape index (κ1) is 18.9. The van der Waals surface area contributed by atoms with Gasteiger partial charge in [-0.3, -0.25) is 14.5 Å². The molecule has 0 aromatic carbocycles. The predicted octanol–water partition coefficient (Wildman–Crippen LogP) is 0.467. The van der Waals surface area contributed by atoms with Gasteiger partial charge in [0.15, 0.2) is 0 Å². The molecule has 1 saturated heterocycles. The van der Waals surface area contributed by atoms with Crippen LogP contribution >= 0.6 is 0 Å². The minimum Gasteiger partial charge on any atom is -0.355 e. The summed E-state index contributed by atoms with van der Waals surface area (Å²) in [5.41, 5.74) is 5.90. The zero-order valence-electron chi connectivity index (χ0n) is 14.2. The highest BCUT2D eigenvalue weighted by Crippen LogP contribution is 2.11. The predicted molar refractivity (Wildman–Crippen MR) is 88.3 cm³/mol. The average Bonchev–Trinajstić information content (AvgIpc) is 2.46. The molecule has 0 radical (unpaired) electrons. The number of likely N-dealkylation sites (tertiary alicyclic amines) is 1. The van der Waals surface area contributed by atoms with Crippen LogP contribution in [0.2, 0.25) is 0 Å². The lowest BCUT2D eigenvalue weighted by molar-refractivity contribution is -0.125. The highest BCUT2D eigenvalue weighted by molar-refractivity contribution is 5.81. The van der Waals surface area contributed by atoms with Crippen LogP contribution in [-0.2, 0) is 9.59 Å².